The maximum atomic E-state index is 11.9. The zero-order chi connectivity index (χ0) is 13.0. The van der Waals surface area contributed by atoms with Crippen LogP contribution in [0.15, 0.2) is 36.4 Å². The van der Waals surface area contributed by atoms with Crippen LogP contribution in [0.5, 0.6) is 0 Å². The van der Waals surface area contributed by atoms with E-state index >= 15 is 0 Å². The highest BCUT2D eigenvalue weighted by molar-refractivity contribution is 6.08. The molecule has 18 heavy (non-hydrogen) atoms. The minimum Gasteiger partial charge on any atom is -0.299 e. The lowest BCUT2D eigenvalue weighted by atomic mass is 9.71. The van der Waals surface area contributed by atoms with Crippen molar-refractivity contribution in [1.82, 2.24) is 0 Å². The molecular weight excluding hydrogens is 224 g/mol. The fraction of sp³-hybridized carbons (Fsp3) is 0.375. The first-order valence-corrected chi connectivity index (χ1v) is 6.41. The van der Waals surface area contributed by atoms with Crippen LogP contribution in [-0.2, 0) is 9.59 Å². The summed E-state index contributed by atoms with van der Waals surface area (Å²) in [6.45, 7) is 1.78. The molecule has 2 heteroatoms. The lowest BCUT2D eigenvalue weighted by Gasteiger charge is -2.29. The van der Waals surface area contributed by atoms with E-state index in [4.69, 9.17) is 0 Å². The number of Topliss-reactive ketones (excluding diaryl/α,β-unsaturated/α-hetero) is 2. The Kier molecular flexibility index (Phi) is 3.75. The molecule has 1 aromatic rings. The molecule has 0 spiro atoms. The molecule has 0 aliphatic heterocycles. The van der Waals surface area contributed by atoms with Gasteiger partial charge in [0.15, 0.2) is 0 Å². The Labute approximate surface area is 108 Å². The molecule has 2 nitrogen and oxygen atoms in total. The summed E-state index contributed by atoms with van der Waals surface area (Å²) in [6, 6.07) is 9.91. The average molecular weight is 242 g/mol. The van der Waals surface area contributed by atoms with Crippen molar-refractivity contribution in [2.75, 3.05) is 0 Å². The predicted molar refractivity (Wildman–Crippen MR) is 72.1 cm³/mol. The number of ketones is 2. The van der Waals surface area contributed by atoms with Gasteiger partial charge in [-0.05, 0) is 25.3 Å². The Balaban J connectivity index is 2.06. The van der Waals surface area contributed by atoms with E-state index in [2.05, 4.69) is 0 Å². The third kappa shape index (κ3) is 2.58. The summed E-state index contributed by atoms with van der Waals surface area (Å²) in [7, 11) is 0. The van der Waals surface area contributed by atoms with Crippen LogP contribution in [-0.4, -0.2) is 11.6 Å². The fourth-order valence-corrected chi connectivity index (χ4v) is 2.34. The summed E-state index contributed by atoms with van der Waals surface area (Å²) >= 11 is 0. The molecule has 0 N–H and O–H groups in total. The molecule has 0 heterocycles. The van der Waals surface area contributed by atoms with E-state index in [1.807, 2.05) is 42.5 Å². The van der Waals surface area contributed by atoms with E-state index < -0.39 is 5.41 Å². The first-order chi connectivity index (χ1) is 8.63. The molecule has 2 rings (SSSR count). The molecule has 94 valence electrons. The van der Waals surface area contributed by atoms with Crippen molar-refractivity contribution in [2.45, 2.75) is 32.6 Å². The van der Waals surface area contributed by atoms with E-state index in [0.29, 0.717) is 19.3 Å². The molecule has 0 saturated heterocycles. The van der Waals surface area contributed by atoms with Gasteiger partial charge in [0.25, 0.3) is 0 Å². The maximum Gasteiger partial charge on any atom is 0.146 e. The lowest BCUT2D eigenvalue weighted by molar-refractivity contribution is -0.142. The molecule has 0 bridgehead atoms. The standard InChI is InChI=1S/C16H18O2/c1-16(14(17)10-5-11-15(16)18)12-6-9-13-7-3-2-4-8-13/h2-4,6-9H,5,10-12H2,1H3/b9-6+. The summed E-state index contributed by atoms with van der Waals surface area (Å²) in [6.07, 6.45) is 6.23. The molecule has 0 aromatic heterocycles. The van der Waals surface area contributed by atoms with Gasteiger partial charge in [0.1, 0.15) is 11.6 Å². The second-order valence-corrected chi connectivity index (χ2v) is 5.05. The third-order valence-electron chi connectivity index (χ3n) is 3.67. The van der Waals surface area contributed by atoms with Crippen molar-refractivity contribution in [3.8, 4) is 0 Å². The quantitative estimate of drug-likeness (QED) is 0.761. The van der Waals surface area contributed by atoms with Crippen LogP contribution in [0.4, 0.5) is 0 Å². The highest BCUT2D eigenvalue weighted by Gasteiger charge is 2.41. The van der Waals surface area contributed by atoms with Crippen molar-refractivity contribution in [1.29, 1.82) is 0 Å². The van der Waals surface area contributed by atoms with Gasteiger partial charge in [-0.1, -0.05) is 42.5 Å². The third-order valence-corrected chi connectivity index (χ3v) is 3.67. The highest BCUT2D eigenvalue weighted by Crippen LogP contribution is 2.33. The number of carbonyl (C=O) groups is 2. The molecule has 1 saturated carbocycles. The first-order valence-electron chi connectivity index (χ1n) is 6.41. The van der Waals surface area contributed by atoms with Crippen molar-refractivity contribution in [3.63, 3.8) is 0 Å². The van der Waals surface area contributed by atoms with Crippen LogP contribution >= 0.6 is 0 Å². The monoisotopic (exact) mass is 242 g/mol. The van der Waals surface area contributed by atoms with E-state index in [1.165, 1.54) is 0 Å². The Morgan fingerprint density at radius 2 is 1.72 bits per heavy atom. The molecular formula is C16H18O2. The molecule has 1 aliphatic carbocycles. The van der Waals surface area contributed by atoms with Gasteiger partial charge in [-0.3, -0.25) is 9.59 Å². The van der Waals surface area contributed by atoms with Crippen molar-refractivity contribution < 1.29 is 9.59 Å². The average Bonchev–Trinajstić information content (AvgIpc) is 2.38. The van der Waals surface area contributed by atoms with Gasteiger partial charge in [0, 0.05) is 12.8 Å². The predicted octanol–water partition coefficient (Wildman–Crippen LogP) is 3.42. The Hall–Kier alpha value is -1.70. The van der Waals surface area contributed by atoms with Crippen molar-refractivity contribution in [3.05, 3.63) is 42.0 Å². The Morgan fingerprint density at radius 3 is 2.33 bits per heavy atom. The number of carbonyl (C=O) groups excluding carboxylic acids is 2. The van der Waals surface area contributed by atoms with E-state index in [0.717, 1.165) is 12.0 Å². The minimum atomic E-state index is -0.788. The number of benzene rings is 1. The van der Waals surface area contributed by atoms with Crippen molar-refractivity contribution >= 4 is 17.6 Å². The number of rotatable bonds is 3. The maximum absolute atomic E-state index is 11.9. The molecule has 1 aromatic carbocycles. The zero-order valence-corrected chi connectivity index (χ0v) is 10.7. The Bertz CT molecular complexity index is 455. The van der Waals surface area contributed by atoms with Gasteiger partial charge in [0.05, 0.1) is 5.41 Å². The molecule has 1 fully saturated rings. The summed E-state index contributed by atoms with van der Waals surface area (Å²) < 4.78 is 0. The summed E-state index contributed by atoms with van der Waals surface area (Å²) in [5.74, 6) is 0.188. The van der Waals surface area contributed by atoms with Crippen LogP contribution in [0.1, 0.15) is 38.2 Å². The second kappa shape index (κ2) is 5.30. The van der Waals surface area contributed by atoms with Gasteiger partial charge < -0.3 is 0 Å². The number of allylic oxidation sites excluding steroid dienone is 1. The van der Waals surface area contributed by atoms with Crippen LogP contribution < -0.4 is 0 Å². The lowest BCUT2D eigenvalue weighted by Crippen LogP contribution is -2.39. The minimum absolute atomic E-state index is 0.0939. The summed E-state index contributed by atoms with van der Waals surface area (Å²) in [5.41, 5.74) is 0.306. The molecule has 0 radical (unpaired) electrons. The largest absolute Gasteiger partial charge is 0.299 e. The topological polar surface area (TPSA) is 34.1 Å². The van der Waals surface area contributed by atoms with Crippen molar-refractivity contribution in [2.24, 2.45) is 5.41 Å². The van der Waals surface area contributed by atoms with Crippen LogP contribution in [0.3, 0.4) is 0 Å². The van der Waals surface area contributed by atoms with Gasteiger partial charge >= 0.3 is 0 Å². The molecule has 0 atom stereocenters. The number of hydrogen-bond donors (Lipinski definition) is 0. The van der Waals surface area contributed by atoms with Crippen LogP contribution in [0.25, 0.3) is 6.08 Å². The van der Waals surface area contributed by atoms with Crippen LogP contribution in [0.2, 0.25) is 0 Å². The SMILES string of the molecule is CC1(C/C=C/c2ccccc2)C(=O)CCCC1=O. The molecule has 0 amide bonds. The fourth-order valence-electron chi connectivity index (χ4n) is 2.34. The molecule has 0 unspecified atom stereocenters. The summed E-state index contributed by atoms with van der Waals surface area (Å²) in [4.78, 5) is 23.8. The van der Waals surface area contributed by atoms with Gasteiger partial charge in [0.2, 0.25) is 0 Å². The van der Waals surface area contributed by atoms with Gasteiger partial charge in [-0.15, -0.1) is 0 Å². The smallest absolute Gasteiger partial charge is 0.146 e. The van der Waals surface area contributed by atoms with E-state index in [1.54, 1.807) is 6.92 Å². The normalized spacial score (nSPS) is 19.4. The highest BCUT2D eigenvalue weighted by atomic mass is 16.2. The second-order valence-electron chi connectivity index (χ2n) is 5.05. The summed E-state index contributed by atoms with van der Waals surface area (Å²) in [5, 5.41) is 0. The van der Waals surface area contributed by atoms with E-state index in [9.17, 15) is 9.59 Å². The Morgan fingerprint density at radius 1 is 1.11 bits per heavy atom. The van der Waals surface area contributed by atoms with Gasteiger partial charge in [-0.2, -0.15) is 0 Å². The van der Waals surface area contributed by atoms with E-state index in [-0.39, 0.29) is 11.6 Å². The van der Waals surface area contributed by atoms with Crippen LogP contribution in [0, 0.1) is 5.41 Å². The molecule has 1 aliphatic rings. The zero-order valence-electron chi connectivity index (χ0n) is 10.7. The first kappa shape index (κ1) is 12.7. The van der Waals surface area contributed by atoms with Gasteiger partial charge in [-0.25, -0.2) is 0 Å². The number of hydrogen-bond acceptors (Lipinski definition) is 2.